The molecule has 7 nitrogen and oxygen atoms in total. The van der Waals surface area contributed by atoms with Crippen LogP contribution in [0.15, 0.2) is 11.4 Å². The first-order valence-electron chi connectivity index (χ1n) is 7.11. The van der Waals surface area contributed by atoms with Crippen molar-refractivity contribution in [3.63, 3.8) is 0 Å². The lowest BCUT2D eigenvalue weighted by molar-refractivity contribution is 0.382. The minimum absolute atomic E-state index is 0.170. The van der Waals surface area contributed by atoms with Gasteiger partial charge in [-0.2, -0.15) is 9.57 Å². The van der Waals surface area contributed by atoms with Crippen LogP contribution in [0.2, 0.25) is 0 Å². The zero-order valence-corrected chi connectivity index (χ0v) is 13.9. The molecule has 0 atom stereocenters. The summed E-state index contributed by atoms with van der Waals surface area (Å²) >= 11 is 1.42. The third kappa shape index (κ3) is 2.91. The predicted molar refractivity (Wildman–Crippen MR) is 84.3 cm³/mol. The molecule has 0 bridgehead atoms. The van der Waals surface area contributed by atoms with Gasteiger partial charge in [0.15, 0.2) is 11.0 Å². The van der Waals surface area contributed by atoms with Gasteiger partial charge in [-0.05, 0) is 19.1 Å². The minimum Gasteiger partial charge on any atom is -0.353 e. The highest BCUT2D eigenvalue weighted by Crippen LogP contribution is 2.32. The van der Waals surface area contributed by atoms with Crippen LogP contribution in [0.5, 0.6) is 0 Å². The maximum Gasteiger partial charge on any atom is 0.217 e. The van der Waals surface area contributed by atoms with Gasteiger partial charge in [-0.3, -0.25) is 0 Å². The summed E-state index contributed by atoms with van der Waals surface area (Å²) in [5.41, 5.74) is 0.427. The lowest BCUT2D eigenvalue weighted by atomic mass is 10.3. The van der Waals surface area contributed by atoms with Crippen LogP contribution < -0.4 is 4.90 Å². The zero-order chi connectivity index (χ0) is 15.7. The van der Waals surface area contributed by atoms with Crippen LogP contribution in [-0.4, -0.2) is 60.4 Å². The number of hydrogen-bond donors (Lipinski definition) is 0. The molecule has 22 heavy (non-hydrogen) atoms. The van der Waals surface area contributed by atoms with Crippen LogP contribution in [-0.2, 0) is 10.0 Å². The van der Waals surface area contributed by atoms with Crippen LogP contribution in [0, 0.1) is 11.3 Å². The zero-order valence-electron chi connectivity index (χ0n) is 12.3. The Balaban J connectivity index is 1.75. The van der Waals surface area contributed by atoms with Crippen molar-refractivity contribution in [3.8, 4) is 6.07 Å². The molecule has 1 aromatic heterocycles. The Kier molecular flexibility index (Phi) is 4.25. The molecule has 1 aliphatic heterocycles. The van der Waals surface area contributed by atoms with Crippen LogP contribution in [0.25, 0.3) is 0 Å². The molecule has 0 spiro atoms. The fraction of sp³-hybridized carbons (Fsp3) is 0.615. The van der Waals surface area contributed by atoms with Crippen molar-refractivity contribution in [1.82, 2.24) is 14.3 Å². The summed E-state index contributed by atoms with van der Waals surface area (Å²) < 4.78 is 26.1. The average Bonchev–Trinajstić information content (AvgIpc) is 3.39. The SMILES string of the molecule is CSc1ncc(C#N)c(N2CCN(S(=O)(=O)C3CC3)CC2)n1. The average molecular weight is 339 g/mol. The molecule has 2 fully saturated rings. The molecular formula is C13H17N5O2S2. The Morgan fingerprint density at radius 1 is 1.32 bits per heavy atom. The maximum absolute atomic E-state index is 12.2. The van der Waals surface area contributed by atoms with Crippen LogP contribution in [0.1, 0.15) is 18.4 Å². The largest absolute Gasteiger partial charge is 0.353 e. The number of thioether (sulfide) groups is 1. The van der Waals surface area contributed by atoms with Gasteiger partial charge in [0, 0.05) is 26.2 Å². The van der Waals surface area contributed by atoms with Gasteiger partial charge in [0.05, 0.1) is 11.4 Å². The highest BCUT2D eigenvalue weighted by atomic mass is 32.2. The molecule has 1 saturated carbocycles. The Morgan fingerprint density at radius 2 is 2.00 bits per heavy atom. The van der Waals surface area contributed by atoms with Gasteiger partial charge in [0.2, 0.25) is 10.0 Å². The van der Waals surface area contributed by atoms with E-state index in [1.165, 1.54) is 18.0 Å². The van der Waals surface area contributed by atoms with Gasteiger partial charge in [0.1, 0.15) is 11.6 Å². The number of piperazine rings is 1. The van der Waals surface area contributed by atoms with Crippen molar-refractivity contribution < 1.29 is 8.42 Å². The molecule has 1 aromatic rings. The highest BCUT2D eigenvalue weighted by molar-refractivity contribution is 7.98. The number of hydrogen-bond acceptors (Lipinski definition) is 7. The summed E-state index contributed by atoms with van der Waals surface area (Å²) in [6, 6.07) is 2.11. The van der Waals surface area contributed by atoms with Crippen molar-refractivity contribution in [1.29, 1.82) is 5.26 Å². The van der Waals surface area contributed by atoms with Crippen molar-refractivity contribution in [2.24, 2.45) is 0 Å². The van der Waals surface area contributed by atoms with E-state index >= 15 is 0 Å². The topological polar surface area (TPSA) is 90.2 Å². The molecule has 9 heteroatoms. The van der Waals surface area contributed by atoms with E-state index in [4.69, 9.17) is 0 Å². The van der Waals surface area contributed by atoms with Crippen molar-refractivity contribution in [2.45, 2.75) is 23.2 Å². The minimum atomic E-state index is -3.12. The highest BCUT2D eigenvalue weighted by Gasteiger charge is 2.41. The van der Waals surface area contributed by atoms with E-state index in [2.05, 4.69) is 16.0 Å². The standard InChI is InChI=1S/C13H17N5O2S2/c1-21-13-15-9-10(8-14)12(16-13)17-4-6-18(7-5-17)22(19,20)11-2-3-11/h9,11H,2-7H2,1H3. The van der Waals surface area contributed by atoms with Crippen LogP contribution in [0.4, 0.5) is 5.82 Å². The van der Waals surface area contributed by atoms with E-state index < -0.39 is 10.0 Å². The summed E-state index contributed by atoms with van der Waals surface area (Å²) in [7, 11) is -3.12. The van der Waals surface area contributed by atoms with Gasteiger partial charge >= 0.3 is 0 Å². The van der Waals surface area contributed by atoms with Crippen molar-refractivity contribution in [2.75, 3.05) is 37.3 Å². The fourth-order valence-electron chi connectivity index (χ4n) is 2.51. The molecule has 1 saturated heterocycles. The number of anilines is 1. The van der Waals surface area contributed by atoms with Gasteiger partial charge in [-0.25, -0.2) is 18.4 Å². The number of nitriles is 1. The Morgan fingerprint density at radius 3 is 2.55 bits per heavy atom. The molecule has 0 unspecified atom stereocenters. The molecule has 0 radical (unpaired) electrons. The molecule has 118 valence electrons. The molecule has 0 N–H and O–H groups in total. The monoisotopic (exact) mass is 339 g/mol. The molecule has 0 aromatic carbocycles. The van der Waals surface area contributed by atoms with E-state index in [0.717, 1.165) is 12.8 Å². The van der Waals surface area contributed by atoms with Crippen LogP contribution >= 0.6 is 11.8 Å². The second kappa shape index (κ2) is 6.02. The van der Waals surface area contributed by atoms with E-state index in [0.29, 0.717) is 42.7 Å². The Labute approximate surface area is 134 Å². The predicted octanol–water partition coefficient (Wildman–Crippen LogP) is 0.684. The third-order valence-corrected chi connectivity index (χ3v) is 6.85. The lowest BCUT2D eigenvalue weighted by Crippen LogP contribution is -2.50. The van der Waals surface area contributed by atoms with Gasteiger partial charge in [-0.15, -0.1) is 0 Å². The number of rotatable bonds is 4. The third-order valence-electron chi connectivity index (χ3n) is 3.89. The van der Waals surface area contributed by atoms with E-state index in [9.17, 15) is 13.7 Å². The summed E-state index contributed by atoms with van der Waals surface area (Å²) in [5.74, 6) is 0.602. The number of sulfonamides is 1. The first-order valence-corrected chi connectivity index (χ1v) is 9.84. The molecular weight excluding hydrogens is 322 g/mol. The fourth-order valence-corrected chi connectivity index (χ4v) is 4.67. The lowest BCUT2D eigenvalue weighted by Gasteiger charge is -2.35. The van der Waals surface area contributed by atoms with E-state index in [1.54, 1.807) is 4.31 Å². The summed E-state index contributed by atoms with van der Waals surface area (Å²) in [6.45, 7) is 1.99. The molecule has 3 rings (SSSR count). The van der Waals surface area contributed by atoms with Gasteiger partial charge in [0.25, 0.3) is 0 Å². The van der Waals surface area contributed by atoms with Crippen molar-refractivity contribution >= 4 is 27.6 Å². The van der Waals surface area contributed by atoms with E-state index in [1.807, 2.05) is 11.2 Å². The number of aromatic nitrogens is 2. The first-order chi connectivity index (χ1) is 10.6. The second-order valence-corrected chi connectivity index (χ2v) is 8.32. The Hall–Kier alpha value is -1.37. The van der Waals surface area contributed by atoms with E-state index in [-0.39, 0.29) is 5.25 Å². The smallest absolute Gasteiger partial charge is 0.217 e. The normalized spacial score (nSPS) is 19.9. The van der Waals surface area contributed by atoms with Gasteiger partial charge in [-0.1, -0.05) is 11.8 Å². The molecule has 0 amide bonds. The first kappa shape index (κ1) is 15.5. The number of nitrogens with zero attached hydrogens (tertiary/aromatic N) is 5. The Bertz CT molecular complexity index is 704. The van der Waals surface area contributed by atoms with Crippen molar-refractivity contribution in [3.05, 3.63) is 11.8 Å². The molecule has 2 aliphatic rings. The summed E-state index contributed by atoms with van der Waals surface area (Å²) in [5, 5.41) is 9.65. The quantitative estimate of drug-likeness (QED) is 0.588. The van der Waals surface area contributed by atoms with Crippen LogP contribution in [0.3, 0.4) is 0 Å². The summed E-state index contributed by atoms with van der Waals surface area (Å²) in [6.07, 6.45) is 4.97. The summed E-state index contributed by atoms with van der Waals surface area (Å²) in [4.78, 5) is 10.5. The molecule has 1 aliphatic carbocycles. The molecule has 2 heterocycles. The maximum atomic E-state index is 12.2. The second-order valence-electron chi connectivity index (χ2n) is 5.34. The van der Waals surface area contributed by atoms with Gasteiger partial charge < -0.3 is 4.90 Å².